The zero-order valence-electron chi connectivity index (χ0n) is 62.9. The van der Waals surface area contributed by atoms with Crippen LogP contribution in [0.5, 0.6) is 0 Å². The Morgan fingerprint density at radius 1 is 0.450 bits per heavy atom. The molecule has 26 heteroatoms. The van der Waals surface area contributed by atoms with Crippen molar-refractivity contribution in [1.29, 1.82) is 0 Å². The molecule has 26 nitrogen and oxygen atoms in total. The van der Waals surface area contributed by atoms with Crippen molar-refractivity contribution in [3.63, 3.8) is 0 Å². The van der Waals surface area contributed by atoms with Crippen molar-refractivity contribution in [3.8, 4) is 0 Å². The Morgan fingerprint density at radius 3 is 1.39 bits per heavy atom. The van der Waals surface area contributed by atoms with E-state index in [0.29, 0.717) is 37.1 Å². The van der Waals surface area contributed by atoms with Crippen LogP contribution < -0.4 is 16.0 Å². The predicted octanol–water partition coefficient (Wildman–Crippen LogP) is 4.06. The second-order valence-electron chi connectivity index (χ2n) is 29.5. The van der Waals surface area contributed by atoms with Crippen molar-refractivity contribution in [3.05, 3.63) is 71.9 Å². The number of fused-ring (bicyclic) bond motifs is 1. The number of rotatable bonds is 14. The molecule has 3 aromatic rings. The number of piperidine rings is 1. The van der Waals surface area contributed by atoms with Gasteiger partial charge in [0.2, 0.25) is 70.9 Å². The number of likely N-dealkylation sites (tertiary alicyclic amines) is 1. The number of hydrogen-bond donors (Lipinski definition) is 5. The first-order valence-corrected chi connectivity index (χ1v) is 35.4. The first kappa shape index (κ1) is 82.2. The average Bonchev–Trinajstić information content (AvgIpc) is 1.68. The van der Waals surface area contributed by atoms with Gasteiger partial charge in [0.1, 0.15) is 66.5 Å². The average molecular weight is 1390 g/mol. The summed E-state index contributed by atoms with van der Waals surface area (Å²) in [5.41, 5.74) is 2.00. The first-order valence-electron chi connectivity index (χ1n) is 35.4. The minimum atomic E-state index is -1.72. The molecule has 0 spiro atoms. The summed E-state index contributed by atoms with van der Waals surface area (Å²) in [5.74, 6) is -9.23. The predicted molar refractivity (Wildman–Crippen MR) is 382 cm³/mol. The number of para-hydroxylation sites is 1. The van der Waals surface area contributed by atoms with Gasteiger partial charge >= 0.3 is 0 Å². The van der Waals surface area contributed by atoms with Gasteiger partial charge in [-0.15, -0.1) is 0 Å². The lowest BCUT2D eigenvalue weighted by Gasteiger charge is -2.39. The third-order valence-electron chi connectivity index (χ3n) is 19.8. The molecular weight excluding hydrogens is 1280 g/mol. The molecule has 100 heavy (non-hydrogen) atoms. The standard InChI is InChI=1S/C74H115N13O13/c1-43(2)35-56-64(90)76-47(9)67(93)84(18)59(37-45(5)6)72(98)86(20)61(40-52-42-75-54-32-26-25-31-53(52)54)73(99)83(17)58(39-51-29-23-21-24-30-51)66(92)78-63(50(12)88)74(100)80(14)49(11)69(95)81(15)57(36-44(3)4)65(91)77-55(70(96)87-33-27-22-28-34-87)41-62(89)79(13)48(10)68(94)85(19)60(38-46(7)8)71(97)82(56)16/h21,23-26,29-32,42-50,55-61,63,75,88H,22,27-28,33-41H2,1-20H3,(H,76,90)(H,77,91)(H,78,92)/t47-,48-,49-,50+,55-,56-,57-,58-,59-,60-,61-,63-/m0/s1. The molecule has 2 aliphatic rings. The topological polar surface area (TPSA) is 306 Å². The quantitative estimate of drug-likeness (QED) is 0.152. The third-order valence-corrected chi connectivity index (χ3v) is 19.8. The van der Waals surface area contributed by atoms with Gasteiger partial charge in [-0.1, -0.05) is 104 Å². The van der Waals surface area contributed by atoms with Gasteiger partial charge in [0, 0.05) is 99.4 Å². The highest BCUT2D eigenvalue weighted by atomic mass is 16.3. The van der Waals surface area contributed by atoms with Crippen LogP contribution in [-0.4, -0.2) is 267 Å². The highest BCUT2D eigenvalue weighted by molar-refractivity contribution is 6.00. The van der Waals surface area contributed by atoms with Gasteiger partial charge in [-0.2, -0.15) is 0 Å². The van der Waals surface area contributed by atoms with E-state index in [-0.39, 0.29) is 62.2 Å². The number of hydrogen-bond acceptors (Lipinski definition) is 13. The molecule has 0 bridgehead atoms. The Balaban J connectivity index is 1.70. The van der Waals surface area contributed by atoms with Crippen molar-refractivity contribution in [1.82, 2.24) is 65.0 Å². The van der Waals surface area contributed by atoms with Gasteiger partial charge in [-0.25, -0.2) is 0 Å². The molecule has 12 amide bonds. The second kappa shape index (κ2) is 36.8. The maximum Gasteiger partial charge on any atom is 0.248 e. The molecule has 0 saturated carbocycles. The van der Waals surface area contributed by atoms with E-state index < -0.39 is 150 Å². The van der Waals surface area contributed by atoms with Crippen molar-refractivity contribution < 1.29 is 62.6 Å². The molecular formula is C74H115N13O13. The fourth-order valence-corrected chi connectivity index (χ4v) is 13.3. The third kappa shape index (κ3) is 20.9. The Kier molecular flexibility index (Phi) is 30.3. The number of H-pyrrole nitrogens is 1. The number of carbonyl (C=O) groups is 12. The zero-order chi connectivity index (χ0) is 75.1. The Labute approximate surface area is 591 Å². The summed E-state index contributed by atoms with van der Waals surface area (Å²) in [6.45, 7) is 21.3. The maximum atomic E-state index is 15.8. The van der Waals surface area contributed by atoms with E-state index in [1.807, 2.05) is 79.7 Å². The van der Waals surface area contributed by atoms with Gasteiger partial charge in [0.05, 0.1) is 12.5 Å². The van der Waals surface area contributed by atoms with Crippen LogP contribution >= 0.6 is 0 Å². The van der Waals surface area contributed by atoms with Gasteiger partial charge in [-0.05, 0) is 114 Å². The molecule has 0 radical (unpaired) electrons. The molecule has 0 unspecified atom stereocenters. The minimum absolute atomic E-state index is 0.0610. The van der Waals surface area contributed by atoms with Crippen molar-refractivity contribution >= 4 is 81.8 Å². The summed E-state index contributed by atoms with van der Waals surface area (Å²) in [6.07, 6.45) is 1.99. The van der Waals surface area contributed by atoms with E-state index in [9.17, 15) is 43.5 Å². The fraction of sp³-hybridized carbons (Fsp3) is 0.649. The lowest BCUT2D eigenvalue weighted by molar-refractivity contribution is -0.154. The summed E-state index contributed by atoms with van der Waals surface area (Å²) in [6, 6.07) is 1.51. The van der Waals surface area contributed by atoms with Crippen LogP contribution in [-0.2, 0) is 70.4 Å². The highest BCUT2D eigenvalue weighted by Gasteiger charge is 2.45. The number of benzene rings is 2. The summed E-state index contributed by atoms with van der Waals surface area (Å²) in [7, 11) is 11.3. The summed E-state index contributed by atoms with van der Waals surface area (Å²) in [4.78, 5) is 195. The van der Waals surface area contributed by atoms with Crippen LogP contribution in [0.2, 0.25) is 0 Å². The zero-order valence-corrected chi connectivity index (χ0v) is 62.9. The van der Waals surface area contributed by atoms with Crippen molar-refractivity contribution in [2.75, 3.05) is 69.5 Å². The second-order valence-corrected chi connectivity index (χ2v) is 29.5. The normalized spacial score (nSPS) is 26.0. The number of nitrogens with zero attached hydrogens (tertiary/aromatic N) is 9. The molecule has 554 valence electrons. The Bertz CT molecular complexity index is 3350. The van der Waals surface area contributed by atoms with Crippen LogP contribution in [0.4, 0.5) is 0 Å². The number of nitrogens with one attached hydrogen (secondary N) is 4. The molecule has 12 atom stereocenters. The number of carbonyl (C=O) groups excluding carboxylic acids is 12. The molecule has 5 rings (SSSR count). The lowest BCUT2D eigenvalue weighted by Crippen LogP contribution is -2.62. The van der Waals surface area contributed by atoms with E-state index in [4.69, 9.17) is 0 Å². The number of likely N-dealkylation sites (N-methyl/N-ethyl adjacent to an activating group) is 8. The SMILES string of the molecule is CC(C)C[C@H]1C(=O)N(C)[C@@H](Cc2c[nH]c3ccccc23)C(=O)N(C)[C@@H](Cc2ccccc2)C(=O)N[C@@H]([C@@H](C)O)C(=O)N(C)[C@@H](C)C(=O)N(C)[C@@H](CC(C)C)C(=O)N[C@H](C(=O)N2CCCCC2)CC(=O)N(C)[C@@H](C)C(=O)N(C)[C@@H](CC(C)C)C(=O)N(C)[C@@H](CC(C)C)C(=O)N[C@@H](C)C(=O)N1C. The molecule has 2 fully saturated rings. The summed E-state index contributed by atoms with van der Waals surface area (Å²) >= 11 is 0. The van der Waals surface area contributed by atoms with Crippen LogP contribution in [0.3, 0.4) is 0 Å². The van der Waals surface area contributed by atoms with Crippen LogP contribution in [0.1, 0.15) is 146 Å². The van der Waals surface area contributed by atoms with E-state index in [0.717, 1.165) is 32.0 Å². The summed E-state index contributed by atoms with van der Waals surface area (Å²) < 4.78 is 0. The molecule has 3 heterocycles. The Morgan fingerprint density at radius 2 is 0.870 bits per heavy atom. The maximum absolute atomic E-state index is 15.8. The van der Waals surface area contributed by atoms with Crippen LogP contribution in [0, 0.1) is 23.7 Å². The number of aliphatic hydroxyl groups is 1. The molecule has 0 aliphatic carbocycles. The van der Waals surface area contributed by atoms with E-state index in [2.05, 4.69) is 20.9 Å². The van der Waals surface area contributed by atoms with E-state index >= 15 is 19.2 Å². The molecule has 2 saturated heterocycles. The molecule has 5 N–H and O–H groups in total. The highest BCUT2D eigenvalue weighted by Crippen LogP contribution is 2.27. The number of aromatic nitrogens is 1. The Hall–Kier alpha value is -8.42. The van der Waals surface area contributed by atoms with Gasteiger partial charge < -0.3 is 70.1 Å². The largest absolute Gasteiger partial charge is 0.391 e. The smallest absolute Gasteiger partial charge is 0.248 e. The number of aromatic amines is 1. The molecule has 2 aromatic carbocycles. The van der Waals surface area contributed by atoms with Crippen LogP contribution in [0.25, 0.3) is 10.9 Å². The fourth-order valence-electron chi connectivity index (χ4n) is 13.3. The van der Waals surface area contributed by atoms with E-state index in [1.165, 1.54) is 109 Å². The lowest BCUT2D eigenvalue weighted by atomic mass is 9.97. The summed E-state index contributed by atoms with van der Waals surface area (Å²) in [5, 5.41) is 20.6. The van der Waals surface area contributed by atoms with Gasteiger partial charge in [0.25, 0.3) is 0 Å². The molecule has 2 aliphatic heterocycles. The first-order chi connectivity index (χ1) is 46.8. The van der Waals surface area contributed by atoms with Crippen LogP contribution in [0.15, 0.2) is 60.8 Å². The van der Waals surface area contributed by atoms with Crippen molar-refractivity contribution in [2.45, 2.75) is 220 Å². The number of aliphatic hydroxyl groups excluding tert-OH is 1. The minimum Gasteiger partial charge on any atom is -0.391 e. The van der Waals surface area contributed by atoms with Gasteiger partial charge in [0.15, 0.2) is 0 Å². The number of amides is 12. The monoisotopic (exact) mass is 1390 g/mol. The molecule has 1 aromatic heterocycles. The van der Waals surface area contributed by atoms with E-state index in [1.54, 1.807) is 41.4 Å². The van der Waals surface area contributed by atoms with Crippen molar-refractivity contribution in [2.24, 2.45) is 23.7 Å². The van der Waals surface area contributed by atoms with Gasteiger partial charge in [-0.3, -0.25) is 57.5 Å².